The van der Waals surface area contributed by atoms with E-state index in [0.29, 0.717) is 11.5 Å². The topological polar surface area (TPSA) is 117 Å². The predicted molar refractivity (Wildman–Crippen MR) is 80.9 cm³/mol. The van der Waals surface area contributed by atoms with Gasteiger partial charge in [-0.2, -0.15) is 0 Å². The summed E-state index contributed by atoms with van der Waals surface area (Å²) < 4.78 is 15.4. The molecule has 23 heavy (non-hydrogen) atoms. The highest BCUT2D eigenvalue weighted by atomic mass is 16.6. The van der Waals surface area contributed by atoms with Crippen molar-refractivity contribution >= 4 is 17.9 Å². The van der Waals surface area contributed by atoms with Crippen LogP contribution in [0.2, 0.25) is 0 Å². The molecule has 0 saturated carbocycles. The number of methoxy groups -OCH3 is 1. The molecule has 0 bridgehead atoms. The van der Waals surface area contributed by atoms with Gasteiger partial charge in [-0.3, -0.25) is 10.1 Å². The summed E-state index contributed by atoms with van der Waals surface area (Å²) in [5.74, 6) is -1.04. The molecule has 0 heterocycles. The number of hydrogen-bond donors (Lipinski definition) is 2. The molecule has 8 heteroatoms. The van der Waals surface area contributed by atoms with E-state index in [-0.39, 0.29) is 5.92 Å². The monoisotopic (exact) mass is 324 g/mol. The maximum Gasteiger partial charge on any atom is 0.344 e. The van der Waals surface area contributed by atoms with E-state index >= 15 is 0 Å². The van der Waals surface area contributed by atoms with E-state index in [1.54, 1.807) is 38.1 Å². The lowest BCUT2D eigenvalue weighted by Gasteiger charge is -2.20. The van der Waals surface area contributed by atoms with E-state index in [1.807, 2.05) is 5.32 Å². The number of rotatable bonds is 7. The fraction of sp³-hybridized carbons (Fsp3) is 0.400. The Kier molecular flexibility index (Phi) is 6.85. The first-order valence-corrected chi connectivity index (χ1v) is 6.90. The number of nitrogens with two attached hydrogens (primary N) is 1. The predicted octanol–water partition coefficient (Wildman–Crippen LogP) is 0.837. The quantitative estimate of drug-likeness (QED) is 0.718. The van der Waals surface area contributed by atoms with E-state index in [1.165, 1.54) is 7.11 Å². The smallest absolute Gasteiger partial charge is 0.344 e. The van der Waals surface area contributed by atoms with Crippen molar-refractivity contribution < 1.29 is 28.6 Å². The lowest BCUT2D eigenvalue weighted by atomic mass is 10.1. The molecule has 0 unspecified atom stereocenters. The average molecular weight is 324 g/mol. The Balaban J connectivity index is 2.62. The van der Waals surface area contributed by atoms with Crippen molar-refractivity contribution in [2.24, 2.45) is 11.7 Å². The Morgan fingerprint density at radius 3 is 2.30 bits per heavy atom. The first-order valence-electron chi connectivity index (χ1n) is 6.90. The molecule has 0 fully saturated rings. The lowest BCUT2D eigenvalue weighted by Crippen LogP contribution is -2.46. The van der Waals surface area contributed by atoms with Crippen molar-refractivity contribution in [3.8, 4) is 11.5 Å². The molecule has 1 rings (SSSR count). The zero-order valence-corrected chi connectivity index (χ0v) is 13.2. The van der Waals surface area contributed by atoms with Gasteiger partial charge in [0, 0.05) is 0 Å². The minimum absolute atomic E-state index is 0.343. The minimum atomic E-state index is -1.14. The molecule has 0 spiro atoms. The van der Waals surface area contributed by atoms with Crippen molar-refractivity contribution in [2.75, 3.05) is 13.7 Å². The van der Waals surface area contributed by atoms with Crippen LogP contribution in [-0.2, 0) is 14.3 Å². The average Bonchev–Trinajstić information content (AvgIpc) is 2.49. The number of nitrogens with one attached hydrogen (secondary N) is 1. The summed E-state index contributed by atoms with van der Waals surface area (Å²) in [6.07, 6.45) is -1.14. The van der Waals surface area contributed by atoms with Gasteiger partial charge in [-0.15, -0.1) is 0 Å². The summed E-state index contributed by atoms with van der Waals surface area (Å²) >= 11 is 0. The number of para-hydroxylation sites is 2. The van der Waals surface area contributed by atoms with Crippen molar-refractivity contribution in [1.29, 1.82) is 0 Å². The van der Waals surface area contributed by atoms with Crippen LogP contribution in [0, 0.1) is 5.92 Å². The van der Waals surface area contributed by atoms with E-state index < -0.39 is 30.6 Å². The number of amides is 3. The summed E-state index contributed by atoms with van der Waals surface area (Å²) in [6.45, 7) is 2.92. The van der Waals surface area contributed by atoms with Crippen LogP contribution in [0.3, 0.4) is 0 Å². The molecule has 0 aliphatic rings. The lowest BCUT2D eigenvalue weighted by molar-refractivity contribution is -0.160. The molecule has 8 nitrogen and oxygen atoms in total. The number of carbonyl (C=O) groups is 3. The summed E-state index contributed by atoms with van der Waals surface area (Å²) in [5, 5.41) is 1.88. The summed E-state index contributed by atoms with van der Waals surface area (Å²) in [4.78, 5) is 34.3. The molecule has 1 aromatic carbocycles. The van der Waals surface area contributed by atoms with Gasteiger partial charge in [0.1, 0.15) is 0 Å². The second-order valence-corrected chi connectivity index (χ2v) is 4.95. The molecule has 0 radical (unpaired) electrons. The molecule has 1 atom stereocenters. The Bertz CT molecular complexity index is 573. The van der Waals surface area contributed by atoms with E-state index in [9.17, 15) is 14.4 Å². The first-order chi connectivity index (χ1) is 10.8. The van der Waals surface area contributed by atoms with Crippen LogP contribution in [0.5, 0.6) is 11.5 Å². The fourth-order valence-corrected chi connectivity index (χ4v) is 1.74. The number of benzene rings is 1. The third-order valence-corrected chi connectivity index (χ3v) is 2.78. The van der Waals surface area contributed by atoms with Crippen molar-refractivity contribution in [3.05, 3.63) is 24.3 Å². The number of esters is 1. The summed E-state index contributed by atoms with van der Waals surface area (Å²) in [5.41, 5.74) is 4.88. The second kappa shape index (κ2) is 8.62. The number of hydrogen-bond acceptors (Lipinski definition) is 6. The Morgan fingerprint density at radius 2 is 1.78 bits per heavy atom. The van der Waals surface area contributed by atoms with Gasteiger partial charge < -0.3 is 19.9 Å². The first kappa shape index (κ1) is 18.3. The molecular weight excluding hydrogens is 304 g/mol. The minimum Gasteiger partial charge on any atom is -0.493 e. The highest BCUT2D eigenvalue weighted by Crippen LogP contribution is 2.25. The SMILES string of the molecule is COc1ccccc1OCC(=O)O[C@@H](C(=O)NC(N)=O)C(C)C. The van der Waals surface area contributed by atoms with Crippen LogP contribution in [0.1, 0.15) is 13.8 Å². The summed E-state index contributed by atoms with van der Waals surface area (Å²) in [7, 11) is 1.48. The van der Waals surface area contributed by atoms with E-state index in [4.69, 9.17) is 19.9 Å². The number of urea groups is 1. The molecule has 0 saturated heterocycles. The molecule has 0 aliphatic heterocycles. The molecular formula is C15H20N2O6. The van der Waals surface area contributed by atoms with Crippen LogP contribution in [0.25, 0.3) is 0 Å². The van der Waals surface area contributed by atoms with Crippen molar-refractivity contribution in [1.82, 2.24) is 5.32 Å². The van der Waals surface area contributed by atoms with Crippen LogP contribution in [-0.4, -0.2) is 37.7 Å². The zero-order chi connectivity index (χ0) is 17.4. The standard InChI is InChI=1S/C15H20N2O6/c1-9(2)13(14(19)17-15(16)20)23-12(18)8-22-11-7-5-4-6-10(11)21-3/h4-7,9,13H,8H2,1-3H3,(H3,16,17,19,20)/t13-/m1/s1. The van der Waals surface area contributed by atoms with Crippen LogP contribution >= 0.6 is 0 Å². The number of carbonyl (C=O) groups excluding carboxylic acids is 3. The highest BCUT2D eigenvalue weighted by molar-refractivity contribution is 5.96. The van der Waals surface area contributed by atoms with Gasteiger partial charge >= 0.3 is 12.0 Å². The molecule has 1 aromatic rings. The second-order valence-electron chi connectivity index (χ2n) is 4.95. The molecule has 3 amide bonds. The third-order valence-electron chi connectivity index (χ3n) is 2.78. The highest BCUT2D eigenvalue weighted by Gasteiger charge is 2.27. The Hall–Kier alpha value is -2.77. The normalized spacial score (nSPS) is 11.5. The van der Waals surface area contributed by atoms with Gasteiger partial charge in [0.2, 0.25) is 0 Å². The van der Waals surface area contributed by atoms with Crippen LogP contribution in [0.15, 0.2) is 24.3 Å². The number of primary amides is 1. The molecule has 0 aromatic heterocycles. The summed E-state index contributed by atoms with van der Waals surface area (Å²) in [6, 6.07) is 5.78. The van der Waals surface area contributed by atoms with Crippen molar-refractivity contribution in [3.63, 3.8) is 0 Å². The van der Waals surface area contributed by atoms with Gasteiger partial charge in [-0.1, -0.05) is 26.0 Å². The largest absolute Gasteiger partial charge is 0.493 e. The van der Waals surface area contributed by atoms with Gasteiger partial charge in [0.15, 0.2) is 24.2 Å². The molecule has 0 aliphatic carbocycles. The number of ether oxygens (including phenoxy) is 3. The maximum absolute atomic E-state index is 11.8. The number of imide groups is 1. The zero-order valence-electron chi connectivity index (χ0n) is 13.2. The van der Waals surface area contributed by atoms with Crippen LogP contribution < -0.4 is 20.5 Å². The Labute approximate surface area is 133 Å². The van der Waals surface area contributed by atoms with Crippen LogP contribution in [0.4, 0.5) is 4.79 Å². The van der Waals surface area contributed by atoms with Gasteiger partial charge in [-0.25, -0.2) is 9.59 Å². The van der Waals surface area contributed by atoms with E-state index in [2.05, 4.69) is 0 Å². The maximum atomic E-state index is 11.8. The Morgan fingerprint density at radius 1 is 1.17 bits per heavy atom. The van der Waals surface area contributed by atoms with E-state index in [0.717, 1.165) is 0 Å². The van der Waals surface area contributed by atoms with Gasteiger partial charge in [-0.05, 0) is 18.1 Å². The third kappa shape index (κ3) is 5.85. The fourth-order valence-electron chi connectivity index (χ4n) is 1.74. The van der Waals surface area contributed by atoms with Gasteiger partial charge in [0.05, 0.1) is 7.11 Å². The van der Waals surface area contributed by atoms with Gasteiger partial charge in [0.25, 0.3) is 5.91 Å². The van der Waals surface area contributed by atoms with Crippen molar-refractivity contribution in [2.45, 2.75) is 20.0 Å². The molecule has 3 N–H and O–H groups in total. The molecule has 126 valence electrons.